The summed E-state index contributed by atoms with van der Waals surface area (Å²) in [4.78, 5) is 17.2. The lowest BCUT2D eigenvalue weighted by Gasteiger charge is -2.07. The number of pyridine rings is 1. The topological polar surface area (TPSA) is 70.2 Å². The van der Waals surface area contributed by atoms with Crippen LogP contribution in [-0.4, -0.2) is 27.8 Å². The molecule has 3 heterocycles. The molecule has 2 aromatic carbocycles. The third-order valence-electron chi connectivity index (χ3n) is 5.54. The molecule has 0 amide bonds. The van der Waals surface area contributed by atoms with Gasteiger partial charge in [0.1, 0.15) is 5.69 Å². The Bertz CT molecular complexity index is 1390. The van der Waals surface area contributed by atoms with Crippen LogP contribution in [0.4, 0.5) is 0 Å². The van der Waals surface area contributed by atoms with Gasteiger partial charge in [-0.25, -0.2) is 9.78 Å². The standard InChI is InChI=1S/C26H21N3O3/c1-17-24-21(26(30)31-2)15-22(23-9-6-14-32-23)27-25(24)28-29(17)16-18-10-12-20(13-11-18)19-7-4-3-5-8-19/h3-15H,16H2,1-2H3. The summed E-state index contributed by atoms with van der Waals surface area (Å²) in [6.07, 6.45) is 1.57. The van der Waals surface area contributed by atoms with Crippen molar-refractivity contribution < 1.29 is 13.9 Å². The van der Waals surface area contributed by atoms with Crippen molar-refractivity contribution in [3.05, 3.63) is 95.9 Å². The summed E-state index contributed by atoms with van der Waals surface area (Å²) >= 11 is 0. The lowest BCUT2D eigenvalue weighted by molar-refractivity contribution is 0.0603. The Labute approximate surface area is 185 Å². The molecule has 0 spiro atoms. The van der Waals surface area contributed by atoms with Crippen LogP contribution in [0.2, 0.25) is 0 Å². The van der Waals surface area contributed by atoms with Gasteiger partial charge in [0.25, 0.3) is 0 Å². The molecule has 3 aromatic heterocycles. The second-order valence-electron chi connectivity index (χ2n) is 7.53. The van der Waals surface area contributed by atoms with Crippen LogP contribution in [-0.2, 0) is 11.3 Å². The van der Waals surface area contributed by atoms with E-state index in [1.807, 2.05) is 29.8 Å². The van der Waals surface area contributed by atoms with Crippen LogP contribution >= 0.6 is 0 Å². The van der Waals surface area contributed by atoms with Crippen LogP contribution in [0.15, 0.2) is 83.5 Å². The lowest BCUT2D eigenvalue weighted by Crippen LogP contribution is -2.05. The highest BCUT2D eigenvalue weighted by atomic mass is 16.5. The molecule has 0 bridgehead atoms. The molecular formula is C26H21N3O3. The third-order valence-corrected chi connectivity index (χ3v) is 5.54. The largest absolute Gasteiger partial charge is 0.465 e. The minimum Gasteiger partial charge on any atom is -0.465 e. The van der Waals surface area contributed by atoms with Crippen LogP contribution in [0.25, 0.3) is 33.6 Å². The van der Waals surface area contributed by atoms with Gasteiger partial charge in [-0.3, -0.25) is 4.68 Å². The summed E-state index contributed by atoms with van der Waals surface area (Å²) in [7, 11) is 1.37. The first kappa shape index (κ1) is 19.8. The molecule has 0 aliphatic carbocycles. The summed E-state index contributed by atoms with van der Waals surface area (Å²) < 4.78 is 12.4. The fourth-order valence-electron chi connectivity index (χ4n) is 3.86. The molecule has 5 aromatic rings. The van der Waals surface area contributed by atoms with Crippen molar-refractivity contribution in [2.24, 2.45) is 0 Å². The van der Waals surface area contributed by atoms with Crippen molar-refractivity contribution in [1.82, 2.24) is 14.8 Å². The van der Waals surface area contributed by atoms with Crippen molar-refractivity contribution in [3.63, 3.8) is 0 Å². The van der Waals surface area contributed by atoms with Gasteiger partial charge in [-0.2, -0.15) is 5.10 Å². The van der Waals surface area contributed by atoms with Gasteiger partial charge in [-0.15, -0.1) is 0 Å². The van der Waals surface area contributed by atoms with Gasteiger partial charge in [0.2, 0.25) is 0 Å². The SMILES string of the molecule is COC(=O)c1cc(-c2ccco2)nc2nn(Cc3ccc(-c4ccccc4)cc3)c(C)c12. The molecule has 32 heavy (non-hydrogen) atoms. The van der Waals surface area contributed by atoms with Crippen LogP contribution in [0.1, 0.15) is 21.6 Å². The molecule has 0 unspecified atom stereocenters. The highest BCUT2D eigenvalue weighted by Crippen LogP contribution is 2.28. The van der Waals surface area contributed by atoms with Crippen molar-refractivity contribution >= 4 is 17.0 Å². The summed E-state index contributed by atoms with van der Waals surface area (Å²) in [5, 5.41) is 5.38. The molecule has 158 valence electrons. The van der Waals surface area contributed by atoms with E-state index in [9.17, 15) is 4.79 Å². The van der Waals surface area contributed by atoms with Crippen LogP contribution in [0, 0.1) is 6.92 Å². The van der Waals surface area contributed by atoms with E-state index in [4.69, 9.17) is 14.3 Å². The van der Waals surface area contributed by atoms with E-state index in [0.29, 0.717) is 34.6 Å². The lowest BCUT2D eigenvalue weighted by atomic mass is 10.0. The number of esters is 1. The number of hydrogen-bond acceptors (Lipinski definition) is 5. The zero-order chi connectivity index (χ0) is 22.1. The molecule has 5 rings (SSSR count). The first-order chi connectivity index (χ1) is 15.6. The second-order valence-corrected chi connectivity index (χ2v) is 7.53. The number of nitrogens with zero attached hydrogens (tertiary/aromatic N) is 3. The molecule has 0 atom stereocenters. The van der Waals surface area contributed by atoms with E-state index < -0.39 is 5.97 Å². The first-order valence-corrected chi connectivity index (χ1v) is 10.3. The van der Waals surface area contributed by atoms with E-state index in [2.05, 4.69) is 41.4 Å². The van der Waals surface area contributed by atoms with Gasteiger partial charge in [-0.05, 0) is 41.8 Å². The third kappa shape index (κ3) is 3.56. The summed E-state index contributed by atoms with van der Waals surface area (Å²) in [5.74, 6) is 0.140. The smallest absolute Gasteiger partial charge is 0.338 e. The van der Waals surface area contributed by atoms with Gasteiger partial charge in [0, 0.05) is 5.69 Å². The predicted molar refractivity (Wildman–Crippen MR) is 122 cm³/mol. The zero-order valence-electron chi connectivity index (χ0n) is 17.8. The molecule has 0 aliphatic rings. The maximum absolute atomic E-state index is 12.5. The van der Waals surface area contributed by atoms with Gasteiger partial charge < -0.3 is 9.15 Å². The van der Waals surface area contributed by atoms with Gasteiger partial charge in [-0.1, -0.05) is 54.6 Å². The number of rotatable bonds is 5. The number of methoxy groups -OCH3 is 1. The maximum Gasteiger partial charge on any atom is 0.338 e. The van der Waals surface area contributed by atoms with Crippen LogP contribution in [0.3, 0.4) is 0 Å². The fourth-order valence-corrected chi connectivity index (χ4v) is 3.86. The van der Waals surface area contributed by atoms with E-state index in [1.165, 1.54) is 12.7 Å². The van der Waals surface area contributed by atoms with Gasteiger partial charge in [0.05, 0.1) is 30.9 Å². The Morgan fingerprint density at radius 3 is 2.44 bits per heavy atom. The summed E-state index contributed by atoms with van der Waals surface area (Å²) in [5.41, 5.74) is 5.74. The molecule has 6 nitrogen and oxygen atoms in total. The maximum atomic E-state index is 12.5. The first-order valence-electron chi connectivity index (χ1n) is 10.3. The normalized spacial score (nSPS) is 11.1. The Morgan fingerprint density at radius 1 is 1.00 bits per heavy atom. The molecule has 0 aliphatic heterocycles. The van der Waals surface area contributed by atoms with Crippen molar-refractivity contribution in [3.8, 4) is 22.6 Å². The van der Waals surface area contributed by atoms with E-state index in [0.717, 1.165) is 16.8 Å². The number of aromatic nitrogens is 3. The van der Waals surface area contributed by atoms with E-state index in [-0.39, 0.29) is 0 Å². The van der Waals surface area contributed by atoms with Gasteiger partial charge in [0.15, 0.2) is 11.4 Å². The number of ether oxygens (including phenoxy) is 1. The second kappa shape index (κ2) is 8.15. The van der Waals surface area contributed by atoms with E-state index in [1.54, 1.807) is 24.5 Å². The van der Waals surface area contributed by atoms with Crippen molar-refractivity contribution in [1.29, 1.82) is 0 Å². The number of carbonyl (C=O) groups excluding carboxylic acids is 1. The Morgan fingerprint density at radius 2 is 1.75 bits per heavy atom. The van der Waals surface area contributed by atoms with Gasteiger partial charge >= 0.3 is 5.97 Å². The number of carbonyl (C=O) groups is 1. The summed E-state index contributed by atoms with van der Waals surface area (Å²) in [6.45, 7) is 2.50. The quantitative estimate of drug-likeness (QED) is 0.349. The highest BCUT2D eigenvalue weighted by Gasteiger charge is 2.21. The number of furan rings is 1. The summed E-state index contributed by atoms with van der Waals surface area (Å²) in [6, 6.07) is 23.9. The Kier molecular flexibility index (Phi) is 5.03. The number of hydrogen-bond donors (Lipinski definition) is 0. The number of aryl methyl sites for hydroxylation is 1. The molecule has 0 saturated carbocycles. The Balaban J connectivity index is 1.53. The number of benzene rings is 2. The fraction of sp³-hybridized carbons (Fsp3) is 0.115. The van der Waals surface area contributed by atoms with Crippen LogP contribution in [0.5, 0.6) is 0 Å². The molecule has 6 heteroatoms. The molecule has 0 saturated heterocycles. The monoisotopic (exact) mass is 423 g/mol. The molecule has 0 fully saturated rings. The minimum atomic E-state index is -0.430. The molecule has 0 radical (unpaired) electrons. The average molecular weight is 423 g/mol. The number of fused-ring (bicyclic) bond motifs is 1. The predicted octanol–water partition coefficient (Wildman–Crippen LogP) is 5.50. The highest BCUT2D eigenvalue weighted by molar-refractivity contribution is 6.04. The van der Waals surface area contributed by atoms with E-state index >= 15 is 0 Å². The van der Waals surface area contributed by atoms with Crippen LogP contribution < -0.4 is 0 Å². The minimum absolute atomic E-state index is 0.423. The zero-order valence-corrected chi connectivity index (χ0v) is 17.8. The molecule has 0 N–H and O–H groups in total. The molecular weight excluding hydrogens is 402 g/mol. The van der Waals surface area contributed by atoms with Crippen molar-refractivity contribution in [2.45, 2.75) is 13.5 Å². The average Bonchev–Trinajstić information content (AvgIpc) is 3.48. The van der Waals surface area contributed by atoms with Crippen molar-refractivity contribution in [2.75, 3.05) is 7.11 Å². The Hall–Kier alpha value is -4.19.